The zero-order valence-electron chi connectivity index (χ0n) is 27.6. The van der Waals surface area contributed by atoms with Crippen LogP contribution in [0.1, 0.15) is 118 Å². The van der Waals surface area contributed by atoms with E-state index < -0.39 is 0 Å². The molecule has 0 aromatic heterocycles. The number of anilines is 1. The Hall–Kier alpha value is -2.89. The SMILES string of the molecule is C=Cc1ccccc1N(CC)C1CCC(C)CC1.CCCCN(CCC)/C(C=N)=C/C(=N)OC(CC)CCCC(C)=O. The number of para-hydroxylation sites is 1. The maximum absolute atomic E-state index is 11.0. The Morgan fingerprint density at radius 3 is 2.31 bits per heavy atom. The van der Waals surface area contributed by atoms with Crippen LogP contribution in [0.2, 0.25) is 0 Å². The lowest BCUT2D eigenvalue weighted by molar-refractivity contribution is -0.117. The molecule has 0 radical (unpaired) electrons. The normalized spacial score (nSPS) is 17.3. The molecular formula is C36H60N4O2. The van der Waals surface area contributed by atoms with Crippen molar-refractivity contribution >= 4 is 29.7 Å². The van der Waals surface area contributed by atoms with Gasteiger partial charge in [0.25, 0.3) is 0 Å². The summed E-state index contributed by atoms with van der Waals surface area (Å²) in [4.78, 5) is 15.7. The van der Waals surface area contributed by atoms with Gasteiger partial charge in [0.1, 0.15) is 11.9 Å². The number of carbonyl (C=O) groups is 1. The summed E-state index contributed by atoms with van der Waals surface area (Å²) in [6.45, 7) is 19.3. The molecule has 1 atom stereocenters. The smallest absolute Gasteiger partial charge is 0.208 e. The van der Waals surface area contributed by atoms with Crippen molar-refractivity contribution in [2.24, 2.45) is 5.92 Å². The van der Waals surface area contributed by atoms with Crippen LogP contribution >= 0.6 is 0 Å². The molecule has 1 aromatic rings. The predicted molar refractivity (Wildman–Crippen MR) is 182 cm³/mol. The minimum atomic E-state index is -0.0460. The van der Waals surface area contributed by atoms with E-state index in [2.05, 4.69) is 68.3 Å². The van der Waals surface area contributed by atoms with Gasteiger partial charge in [-0.15, -0.1) is 0 Å². The number of ether oxygens (including phenoxy) is 1. The fraction of sp³-hybridized carbons (Fsp3) is 0.639. The van der Waals surface area contributed by atoms with Crippen molar-refractivity contribution < 1.29 is 9.53 Å². The number of rotatable bonds is 18. The zero-order valence-corrected chi connectivity index (χ0v) is 27.6. The summed E-state index contributed by atoms with van der Waals surface area (Å²) in [5.74, 6) is 1.20. The van der Waals surface area contributed by atoms with Gasteiger partial charge < -0.3 is 24.7 Å². The summed E-state index contributed by atoms with van der Waals surface area (Å²) in [5, 5.41) is 15.7. The Labute approximate surface area is 257 Å². The zero-order chi connectivity index (χ0) is 31.3. The highest BCUT2D eigenvalue weighted by Crippen LogP contribution is 2.32. The van der Waals surface area contributed by atoms with Gasteiger partial charge >= 0.3 is 0 Å². The molecule has 0 aliphatic heterocycles. The summed E-state index contributed by atoms with van der Waals surface area (Å²) in [7, 11) is 0. The largest absolute Gasteiger partial charge is 0.475 e. The maximum Gasteiger partial charge on any atom is 0.208 e. The van der Waals surface area contributed by atoms with Crippen LogP contribution in [-0.4, -0.2) is 54.6 Å². The third kappa shape index (κ3) is 13.8. The first kappa shape index (κ1) is 37.1. The molecule has 1 fully saturated rings. The molecule has 6 heteroatoms. The molecule has 0 amide bonds. The van der Waals surface area contributed by atoms with Gasteiger partial charge in [-0.1, -0.05) is 65.0 Å². The Morgan fingerprint density at radius 2 is 1.76 bits per heavy atom. The monoisotopic (exact) mass is 580 g/mol. The van der Waals surface area contributed by atoms with Gasteiger partial charge in [0.05, 0.1) is 5.70 Å². The first-order chi connectivity index (χ1) is 20.2. The van der Waals surface area contributed by atoms with Crippen molar-refractivity contribution in [1.82, 2.24) is 4.90 Å². The Bertz CT molecular complexity index is 965. The van der Waals surface area contributed by atoms with Crippen molar-refractivity contribution in [1.29, 1.82) is 10.8 Å². The van der Waals surface area contributed by atoms with Gasteiger partial charge in [-0.25, -0.2) is 0 Å². The number of hydrogen-bond acceptors (Lipinski definition) is 6. The van der Waals surface area contributed by atoms with Crippen molar-refractivity contribution in [3.8, 4) is 0 Å². The molecule has 1 aromatic carbocycles. The molecule has 0 saturated heterocycles. The van der Waals surface area contributed by atoms with Crippen LogP contribution in [-0.2, 0) is 9.53 Å². The maximum atomic E-state index is 11.0. The first-order valence-corrected chi connectivity index (χ1v) is 16.4. The highest BCUT2D eigenvalue weighted by molar-refractivity contribution is 5.92. The molecule has 42 heavy (non-hydrogen) atoms. The van der Waals surface area contributed by atoms with Gasteiger partial charge in [-0.2, -0.15) is 0 Å². The Kier molecular flexibility index (Phi) is 19.2. The molecule has 0 bridgehead atoms. The van der Waals surface area contributed by atoms with Crippen LogP contribution in [0.15, 0.2) is 42.6 Å². The van der Waals surface area contributed by atoms with E-state index in [0.717, 1.165) is 69.8 Å². The van der Waals surface area contributed by atoms with Crippen molar-refractivity contribution in [3.05, 3.63) is 48.2 Å². The number of hydrogen-bond donors (Lipinski definition) is 2. The van der Waals surface area contributed by atoms with Gasteiger partial charge in [-0.3, -0.25) is 5.41 Å². The van der Waals surface area contributed by atoms with E-state index in [0.29, 0.717) is 12.5 Å². The van der Waals surface area contributed by atoms with E-state index in [1.165, 1.54) is 43.1 Å². The van der Waals surface area contributed by atoms with E-state index in [9.17, 15) is 4.79 Å². The summed E-state index contributed by atoms with van der Waals surface area (Å²) in [5.41, 5.74) is 3.35. The Morgan fingerprint density at radius 1 is 1.07 bits per heavy atom. The minimum Gasteiger partial charge on any atom is -0.475 e. The van der Waals surface area contributed by atoms with E-state index in [4.69, 9.17) is 15.6 Å². The van der Waals surface area contributed by atoms with Crippen LogP contribution in [0.3, 0.4) is 0 Å². The molecule has 6 nitrogen and oxygen atoms in total. The second-order valence-corrected chi connectivity index (χ2v) is 11.6. The van der Waals surface area contributed by atoms with Crippen molar-refractivity contribution in [3.63, 3.8) is 0 Å². The Balaban J connectivity index is 0.000000435. The molecule has 2 N–H and O–H groups in total. The van der Waals surface area contributed by atoms with Crippen LogP contribution in [0.25, 0.3) is 6.08 Å². The number of Topliss-reactive ketones (excluding diaryl/α,β-unsaturated/α-hetero) is 1. The molecule has 0 heterocycles. The summed E-state index contributed by atoms with van der Waals surface area (Å²) in [6.07, 6.45) is 16.4. The fourth-order valence-electron chi connectivity index (χ4n) is 5.59. The predicted octanol–water partition coefficient (Wildman–Crippen LogP) is 9.30. The summed E-state index contributed by atoms with van der Waals surface area (Å²) >= 11 is 0. The number of nitrogens with one attached hydrogen (secondary N) is 2. The van der Waals surface area contributed by atoms with Crippen LogP contribution in [0.4, 0.5) is 5.69 Å². The highest BCUT2D eigenvalue weighted by atomic mass is 16.5. The van der Waals surface area contributed by atoms with E-state index >= 15 is 0 Å². The van der Waals surface area contributed by atoms with Crippen LogP contribution in [0, 0.1) is 16.7 Å². The molecule has 1 unspecified atom stereocenters. The summed E-state index contributed by atoms with van der Waals surface area (Å²) < 4.78 is 5.71. The van der Waals surface area contributed by atoms with E-state index in [1.54, 1.807) is 13.0 Å². The number of carbonyl (C=O) groups excluding carboxylic acids is 1. The first-order valence-electron chi connectivity index (χ1n) is 16.4. The molecular weight excluding hydrogens is 520 g/mol. The third-order valence-corrected chi connectivity index (χ3v) is 8.10. The summed E-state index contributed by atoms with van der Waals surface area (Å²) in [6, 6.07) is 9.34. The third-order valence-electron chi connectivity index (χ3n) is 8.10. The average molecular weight is 581 g/mol. The second kappa shape index (κ2) is 21.8. The number of ketones is 1. The number of benzene rings is 1. The van der Waals surface area contributed by atoms with Crippen molar-refractivity contribution in [2.45, 2.75) is 124 Å². The minimum absolute atomic E-state index is 0.0460. The molecule has 1 saturated carbocycles. The van der Waals surface area contributed by atoms with Crippen molar-refractivity contribution in [2.75, 3.05) is 24.5 Å². The quantitative estimate of drug-likeness (QED) is 0.134. The number of unbranched alkanes of at least 4 members (excludes halogenated alkanes) is 1. The molecule has 1 aliphatic rings. The lowest BCUT2D eigenvalue weighted by Gasteiger charge is -2.38. The van der Waals surface area contributed by atoms with E-state index in [1.807, 2.05) is 13.0 Å². The number of allylic oxidation sites excluding steroid dienone is 1. The van der Waals surface area contributed by atoms with Crippen LogP contribution in [0.5, 0.6) is 0 Å². The number of nitrogens with zero attached hydrogens (tertiary/aromatic N) is 2. The average Bonchev–Trinajstić information content (AvgIpc) is 2.99. The standard InChI is InChI=1S/C19H35N3O2.C17H25N/c1-5-8-13-22(12-6-2)17(15-20)14-19(21)24-18(7-3)11-9-10-16(4)23;1-4-15-8-6-7-9-17(15)18(5-2)16-12-10-14(3)11-13-16/h14-15,18,20-21H,5-13H2,1-4H3;4,6-9,14,16H,1,5,10-13H2,2-3H3/b17-14+,20-15?,21-19?;. The molecule has 0 spiro atoms. The lowest BCUT2D eigenvalue weighted by atomic mass is 9.86. The fourth-order valence-corrected chi connectivity index (χ4v) is 5.59. The van der Waals surface area contributed by atoms with Gasteiger partial charge in [0.15, 0.2) is 0 Å². The molecule has 1 aliphatic carbocycles. The highest BCUT2D eigenvalue weighted by Gasteiger charge is 2.24. The van der Waals surface area contributed by atoms with Gasteiger partial charge in [-0.05, 0) is 89.2 Å². The second-order valence-electron chi connectivity index (χ2n) is 11.6. The molecule has 236 valence electrons. The molecule has 2 rings (SSSR count). The topological polar surface area (TPSA) is 80.5 Å². The van der Waals surface area contributed by atoms with Gasteiger partial charge in [0.2, 0.25) is 5.90 Å². The van der Waals surface area contributed by atoms with E-state index in [-0.39, 0.29) is 17.8 Å². The van der Waals surface area contributed by atoms with Gasteiger partial charge in [0, 0.05) is 50.1 Å². The van der Waals surface area contributed by atoms with Crippen LogP contribution < -0.4 is 4.90 Å². The lowest BCUT2D eigenvalue weighted by Crippen LogP contribution is -2.38.